The van der Waals surface area contributed by atoms with Crippen LogP contribution in [-0.4, -0.2) is 14.7 Å². The first-order valence-corrected chi connectivity index (χ1v) is 7.63. The fourth-order valence-electron chi connectivity index (χ4n) is 3.04. The third-order valence-electron chi connectivity index (χ3n) is 4.13. The normalized spacial score (nSPS) is 10.7. The number of aromatic hydroxyl groups is 1. The van der Waals surface area contributed by atoms with Gasteiger partial charge in [-0.15, -0.1) is 0 Å². The second kappa shape index (κ2) is 5.77. The van der Waals surface area contributed by atoms with Crippen molar-refractivity contribution in [2.24, 2.45) is 0 Å². The monoisotopic (exact) mass is 329 g/mol. The Morgan fingerprint density at radius 2 is 1.80 bits per heavy atom. The Kier molecular flexibility index (Phi) is 3.44. The topological polar surface area (TPSA) is 61.8 Å². The van der Waals surface area contributed by atoms with E-state index in [2.05, 4.69) is 11.1 Å². The molecule has 0 saturated carbocycles. The number of phenols is 1. The number of rotatable bonds is 2. The van der Waals surface area contributed by atoms with Crippen molar-refractivity contribution in [3.8, 4) is 28.8 Å². The van der Waals surface area contributed by atoms with Gasteiger partial charge in [0.2, 0.25) is 0 Å². The van der Waals surface area contributed by atoms with Crippen LogP contribution in [0, 0.1) is 17.1 Å². The molecule has 0 radical (unpaired) electrons. The van der Waals surface area contributed by atoms with Crippen LogP contribution in [0.5, 0.6) is 5.75 Å². The number of nitrogens with zero attached hydrogens (tertiary/aromatic N) is 3. The highest BCUT2D eigenvalue weighted by Crippen LogP contribution is 2.36. The Balaban J connectivity index is 2.16. The summed E-state index contributed by atoms with van der Waals surface area (Å²) in [6, 6.07) is 17.5. The van der Waals surface area contributed by atoms with E-state index in [4.69, 9.17) is 0 Å². The van der Waals surface area contributed by atoms with Gasteiger partial charge in [0.1, 0.15) is 6.07 Å². The van der Waals surface area contributed by atoms with Crippen molar-refractivity contribution in [3.63, 3.8) is 0 Å². The maximum atomic E-state index is 13.9. The average Bonchev–Trinajstić information content (AvgIpc) is 2.99. The standard InChI is InChI=1S/C20H12FN3O/c21-17-11-14(5-6-19(17)25)24-18-4-2-1-3-15(18)16(12-22)20(24)13-7-9-23-10-8-13/h1-11,25H. The van der Waals surface area contributed by atoms with Gasteiger partial charge in [0.15, 0.2) is 11.6 Å². The number of fused-ring (bicyclic) bond motifs is 1. The second-order valence-corrected chi connectivity index (χ2v) is 5.56. The molecule has 2 aromatic heterocycles. The van der Waals surface area contributed by atoms with E-state index < -0.39 is 11.6 Å². The van der Waals surface area contributed by atoms with Crippen molar-refractivity contribution in [2.45, 2.75) is 0 Å². The lowest BCUT2D eigenvalue weighted by molar-refractivity contribution is 0.432. The van der Waals surface area contributed by atoms with E-state index in [1.54, 1.807) is 18.5 Å². The van der Waals surface area contributed by atoms with Crippen LogP contribution in [-0.2, 0) is 0 Å². The van der Waals surface area contributed by atoms with Gasteiger partial charge >= 0.3 is 0 Å². The van der Waals surface area contributed by atoms with Gasteiger partial charge in [0.05, 0.1) is 16.8 Å². The van der Waals surface area contributed by atoms with Crippen LogP contribution in [0.15, 0.2) is 67.0 Å². The number of phenolic OH excluding ortho intramolecular Hbond substituents is 1. The molecule has 0 unspecified atom stereocenters. The SMILES string of the molecule is N#Cc1c(-c2ccncc2)n(-c2ccc(O)c(F)c2)c2ccccc12. The maximum Gasteiger partial charge on any atom is 0.166 e. The van der Waals surface area contributed by atoms with Crippen LogP contribution < -0.4 is 0 Å². The molecule has 0 aliphatic heterocycles. The summed E-state index contributed by atoms with van der Waals surface area (Å²) in [5.74, 6) is -1.12. The Hall–Kier alpha value is -3.65. The molecule has 120 valence electrons. The summed E-state index contributed by atoms with van der Waals surface area (Å²) in [7, 11) is 0. The fraction of sp³-hybridized carbons (Fsp3) is 0. The number of benzene rings is 2. The third kappa shape index (κ3) is 2.32. The summed E-state index contributed by atoms with van der Waals surface area (Å²) in [5, 5.41) is 20.0. The Labute approximate surface area is 143 Å². The summed E-state index contributed by atoms with van der Waals surface area (Å²) >= 11 is 0. The van der Waals surface area contributed by atoms with Gasteiger partial charge in [-0.3, -0.25) is 4.98 Å². The molecule has 5 heteroatoms. The summed E-state index contributed by atoms with van der Waals surface area (Å²) in [4.78, 5) is 4.02. The average molecular weight is 329 g/mol. The predicted molar refractivity (Wildman–Crippen MR) is 92.8 cm³/mol. The third-order valence-corrected chi connectivity index (χ3v) is 4.13. The second-order valence-electron chi connectivity index (χ2n) is 5.56. The zero-order chi connectivity index (χ0) is 17.4. The number of hydrogen-bond acceptors (Lipinski definition) is 3. The van der Waals surface area contributed by atoms with Gasteiger partial charge < -0.3 is 9.67 Å². The van der Waals surface area contributed by atoms with Crippen LogP contribution >= 0.6 is 0 Å². The quantitative estimate of drug-likeness (QED) is 0.592. The molecule has 0 aliphatic carbocycles. The highest BCUT2D eigenvalue weighted by Gasteiger charge is 2.20. The van der Waals surface area contributed by atoms with E-state index in [1.165, 1.54) is 12.1 Å². The first kappa shape index (κ1) is 14.9. The molecule has 25 heavy (non-hydrogen) atoms. The van der Waals surface area contributed by atoms with E-state index in [0.29, 0.717) is 16.9 Å². The van der Waals surface area contributed by atoms with Crippen LogP contribution in [0.1, 0.15) is 5.56 Å². The molecule has 0 spiro atoms. The molecule has 4 nitrogen and oxygen atoms in total. The van der Waals surface area contributed by atoms with Gasteiger partial charge in [0, 0.05) is 35.1 Å². The van der Waals surface area contributed by atoms with Crippen molar-refractivity contribution in [1.82, 2.24) is 9.55 Å². The summed E-state index contributed by atoms with van der Waals surface area (Å²) in [6.45, 7) is 0. The Morgan fingerprint density at radius 1 is 1.04 bits per heavy atom. The minimum atomic E-state index is -0.713. The number of hydrogen-bond donors (Lipinski definition) is 1. The van der Waals surface area contributed by atoms with Gasteiger partial charge in [-0.1, -0.05) is 18.2 Å². The molecule has 1 N–H and O–H groups in total. The fourth-order valence-corrected chi connectivity index (χ4v) is 3.04. The largest absolute Gasteiger partial charge is 0.505 e. The highest BCUT2D eigenvalue weighted by molar-refractivity contribution is 5.96. The summed E-state index contributed by atoms with van der Waals surface area (Å²) in [5.41, 5.74) is 3.29. The number of para-hydroxylation sites is 1. The van der Waals surface area contributed by atoms with E-state index in [9.17, 15) is 14.8 Å². The first-order valence-electron chi connectivity index (χ1n) is 7.63. The van der Waals surface area contributed by atoms with Crippen LogP contribution in [0.3, 0.4) is 0 Å². The zero-order valence-corrected chi connectivity index (χ0v) is 13.0. The van der Waals surface area contributed by atoms with Crippen LogP contribution in [0.25, 0.3) is 27.8 Å². The van der Waals surface area contributed by atoms with E-state index >= 15 is 0 Å². The highest BCUT2D eigenvalue weighted by atomic mass is 19.1. The number of halogens is 1. The van der Waals surface area contributed by atoms with Crippen molar-refractivity contribution in [2.75, 3.05) is 0 Å². The molecule has 4 rings (SSSR count). The maximum absolute atomic E-state index is 13.9. The lowest BCUT2D eigenvalue weighted by Gasteiger charge is -2.12. The van der Waals surface area contributed by atoms with Crippen LogP contribution in [0.2, 0.25) is 0 Å². The molecule has 0 aliphatic rings. The van der Waals surface area contributed by atoms with E-state index in [-0.39, 0.29) is 0 Å². The predicted octanol–water partition coefficient (Wildman–Crippen LogP) is 4.41. The van der Waals surface area contributed by atoms with Crippen molar-refractivity contribution in [1.29, 1.82) is 5.26 Å². The lowest BCUT2D eigenvalue weighted by atomic mass is 10.1. The lowest BCUT2D eigenvalue weighted by Crippen LogP contribution is -1.98. The molecule has 2 heterocycles. The molecular weight excluding hydrogens is 317 g/mol. The van der Waals surface area contributed by atoms with Gasteiger partial charge in [0.25, 0.3) is 0 Å². The zero-order valence-electron chi connectivity index (χ0n) is 13.0. The molecule has 0 bridgehead atoms. The molecular formula is C20H12FN3O. The van der Waals surface area contributed by atoms with E-state index in [1.807, 2.05) is 41.0 Å². The Bertz CT molecular complexity index is 1130. The summed E-state index contributed by atoms with van der Waals surface area (Å²) < 4.78 is 15.8. The van der Waals surface area contributed by atoms with Gasteiger partial charge in [-0.05, 0) is 30.3 Å². The minimum absolute atomic E-state index is 0.411. The molecule has 0 atom stereocenters. The van der Waals surface area contributed by atoms with E-state index in [0.717, 1.165) is 16.5 Å². The summed E-state index contributed by atoms with van der Waals surface area (Å²) in [6.07, 6.45) is 3.30. The van der Waals surface area contributed by atoms with Gasteiger partial charge in [-0.2, -0.15) is 5.26 Å². The van der Waals surface area contributed by atoms with Crippen molar-refractivity contribution < 1.29 is 9.50 Å². The minimum Gasteiger partial charge on any atom is -0.505 e. The molecule has 0 fully saturated rings. The number of aromatic nitrogens is 2. The molecule has 0 amide bonds. The molecule has 0 saturated heterocycles. The van der Waals surface area contributed by atoms with Gasteiger partial charge in [-0.25, -0.2) is 4.39 Å². The first-order chi connectivity index (χ1) is 12.2. The van der Waals surface area contributed by atoms with Crippen LogP contribution in [0.4, 0.5) is 4.39 Å². The van der Waals surface area contributed by atoms with Crippen molar-refractivity contribution >= 4 is 10.9 Å². The number of nitriles is 1. The molecule has 2 aromatic carbocycles. The smallest absolute Gasteiger partial charge is 0.166 e. The number of pyridine rings is 1. The Morgan fingerprint density at radius 3 is 2.52 bits per heavy atom. The van der Waals surface area contributed by atoms with Crippen molar-refractivity contribution in [3.05, 3.63) is 78.4 Å². The molecule has 4 aromatic rings.